The Hall–Kier alpha value is -2.34. The van der Waals surface area contributed by atoms with Crippen molar-refractivity contribution in [1.29, 1.82) is 0 Å². The van der Waals surface area contributed by atoms with E-state index < -0.39 is 10.1 Å². The Morgan fingerprint density at radius 3 is 2.07 bits per heavy atom. The Morgan fingerprint density at radius 1 is 0.893 bits per heavy atom. The summed E-state index contributed by atoms with van der Waals surface area (Å²) in [6, 6.07) is 16.7. The van der Waals surface area contributed by atoms with Crippen molar-refractivity contribution >= 4 is 16.0 Å². The second kappa shape index (κ2) is 10.9. The molecule has 0 aliphatic rings. The van der Waals surface area contributed by atoms with Crippen molar-refractivity contribution in [2.75, 3.05) is 6.26 Å². The van der Waals surface area contributed by atoms with Crippen LogP contribution in [-0.4, -0.2) is 25.5 Å². The number of benzene rings is 2. The van der Waals surface area contributed by atoms with Gasteiger partial charge in [-0.2, -0.15) is 8.42 Å². The molecule has 0 saturated heterocycles. The smallest absolute Gasteiger partial charge is 0.306 e. The second-order valence-corrected chi connectivity index (χ2v) is 8.55. The maximum Gasteiger partial charge on any atom is 0.306 e. The van der Waals surface area contributed by atoms with Crippen LogP contribution >= 0.6 is 0 Å². The van der Waals surface area contributed by atoms with Crippen molar-refractivity contribution in [3.63, 3.8) is 0 Å². The number of amides is 1. The van der Waals surface area contributed by atoms with E-state index in [-0.39, 0.29) is 11.7 Å². The molecule has 0 saturated carbocycles. The van der Waals surface area contributed by atoms with Crippen molar-refractivity contribution in [2.45, 2.75) is 52.1 Å². The first-order chi connectivity index (χ1) is 13.4. The third-order valence-corrected chi connectivity index (χ3v) is 4.85. The molecule has 0 aliphatic heterocycles. The van der Waals surface area contributed by atoms with E-state index >= 15 is 0 Å². The largest absolute Gasteiger partial charge is 0.383 e. The third kappa shape index (κ3) is 8.13. The number of nitrogens with zero attached hydrogens (tertiary/aromatic N) is 1. The summed E-state index contributed by atoms with van der Waals surface area (Å²) in [5, 5.41) is 0. The summed E-state index contributed by atoms with van der Waals surface area (Å²) in [6.07, 6.45) is 5.82. The Labute approximate surface area is 168 Å². The number of rotatable bonds is 11. The lowest BCUT2D eigenvalue weighted by Gasteiger charge is -2.23. The van der Waals surface area contributed by atoms with E-state index in [1.807, 2.05) is 35.2 Å². The van der Waals surface area contributed by atoms with Crippen LogP contribution in [0.1, 0.15) is 50.2 Å². The van der Waals surface area contributed by atoms with Gasteiger partial charge in [-0.05, 0) is 29.7 Å². The predicted molar refractivity (Wildman–Crippen MR) is 111 cm³/mol. The lowest BCUT2D eigenvalue weighted by Crippen LogP contribution is -2.29. The summed E-state index contributed by atoms with van der Waals surface area (Å²) in [5.74, 6) is 0.406. The van der Waals surface area contributed by atoms with Gasteiger partial charge in [-0.1, -0.05) is 68.7 Å². The minimum Gasteiger partial charge on any atom is -0.383 e. The maximum absolute atomic E-state index is 12.8. The number of hydrogen-bond acceptors (Lipinski definition) is 4. The van der Waals surface area contributed by atoms with Gasteiger partial charge in [0.25, 0.3) is 0 Å². The number of hydrogen-bond donors (Lipinski definition) is 0. The third-order valence-electron chi connectivity index (χ3n) is 4.36. The molecule has 0 fully saturated rings. The molecule has 0 aliphatic carbocycles. The van der Waals surface area contributed by atoms with Crippen LogP contribution in [0.2, 0.25) is 0 Å². The van der Waals surface area contributed by atoms with E-state index in [1.54, 1.807) is 24.3 Å². The quantitative estimate of drug-likeness (QED) is 0.409. The SMILES string of the molecule is CCCCCCC(=O)N(Cc1ccccc1)Cc1ccc(OS(C)(=O)=O)cc1. The molecular formula is C22H29NO4S. The highest BCUT2D eigenvalue weighted by Crippen LogP contribution is 2.18. The molecule has 0 atom stereocenters. The highest BCUT2D eigenvalue weighted by molar-refractivity contribution is 7.86. The van der Waals surface area contributed by atoms with Gasteiger partial charge in [0.05, 0.1) is 6.26 Å². The van der Waals surface area contributed by atoms with Gasteiger partial charge in [-0.15, -0.1) is 0 Å². The molecular weight excluding hydrogens is 374 g/mol. The van der Waals surface area contributed by atoms with Crippen LogP contribution in [0.5, 0.6) is 5.75 Å². The molecule has 0 unspecified atom stereocenters. The molecule has 0 spiro atoms. The van der Waals surface area contributed by atoms with Crippen molar-refractivity contribution in [3.8, 4) is 5.75 Å². The molecule has 0 heterocycles. The minimum atomic E-state index is -3.55. The van der Waals surface area contributed by atoms with E-state index in [1.165, 1.54) is 0 Å². The van der Waals surface area contributed by atoms with E-state index in [4.69, 9.17) is 4.18 Å². The Kier molecular flexibility index (Phi) is 8.51. The fourth-order valence-corrected chi connectivity index (χ4v) is 3.40. The van der Waals surface area contributed by atoms with Gasteiger partial charge in [-0.25, -0.2) is 0 Å². The minimum absolute atomic E-state index is 0.136. The first kappa shape index (κ1) is 22.0. The first-order valence-corrected chi connectivity index (χ1v) is 11.5. The van der Waals surface area contributed by atoms with E-state index in [2.05, 4.69) is 6.92 Å². The monoisotopic (exact) mass is 403 g/mol. The lowest BCUT2D eigenvalue weighted by atomic mass is 10.1. The second-order valence-electron chi connectivity index (χ2n) is 6.98. The average molecular weight is 404 g/mol. The molecule has 2 aromatic carbocycles. The molecule has 152 valence electrons. The van der Waals surface area contributed by atoms with Crippen molar-refractivity contribution in [2.24, 2.45) is 0 Å². The van der Waals surface area contributed by atoms with E-state index in [9.17, 15) is 13.2 Å². The van der Waals surface area contributed by atoms with Crippen LogP contribution < -0.4 is 4.18 Å². The van der Waals surface area contributed by atoms with Crippen molar-refractivity contribution in [1.82, 2.24) is 4.90 Å². The van der Waals surface area contributed by atoms with Crippen LogP contribution in [0.15, 0.2) is 54.6 Å². The van der Waals surface area contributed by atoms with Crippen LogP contribution in [0.25, 0.3) is 0 Å². The van der Waals surface area contributed by atoms with Gasteiger partial charge >= 0.3 is 10.1 Å². The normalized spacial score (nSPS) is 11.2. The molecule has 0 N–H and O–H groups in total. The fraction of sp³-hybridized carbons (Fsp3) is 0.409. The first-order valence-electron chi connectivity index (χ1n) is 9.67. The zero-order valence-corrected chi connectivity index (χ0v) is 17.5. The van der Waals surface area contributed by atoms with Gasteiger partial charge in [0.15, 0.2) is 0 Å². The van der Waals surface area contributed by atoms with Crippen LogP contribution in [0, 0.1) is 0 Å². The lowest BCUT2D eigenvalue weighted by molar-refractivity contribution is -0.132. The summed E-state index contributed by atoms with van der Waals surface area (Å²) in [6.45, 7) is 3.18. The number of carbonyl (C=O) groups is 1. The van der Waals surface area contributed by atoms with Gasteiger partial charge in [0, 0.05) is 19.5 Å². The van der Waals surface area contributed by atoms with Gasteiger partial charge in [0.1, 0.15) is 5.75 Å². The van der Waals surface area contributed by atoms with Gasteiger partial charge in [-0.3, -0.25) is 4.79 Å². The average Bonchev–Trinajstić information content (AvgIpc) is 2.66. The van der Waals surface area contributed by atoms with Crippen LogP contribution in [0.3, 0.4) is 0 Å². The Morgan fingerprint density at radius 2 is 1.50 bits per heavy atom. The van der Waals surface area contributed by atoms with Crippen molar-refractivity contribution < 1.29 is 17.4 Å². The molecule has 1 amide bonds. The molecule has 0 aromatic heterocycles. The molecule has 2 aromatic rings. The molecule has 5 nitrogen and oxygen atoms in total. The molecule has 6 heteroatoms. The maximum atomic E-state index is 12.8. The highest BCUT2D eigenvalue weighted by atomic mass is 32.2. The van der Waals surface area contributed by atoms with E-state index in [0.29, 0.717) is 19.5 Å². The van der Waals surface area contributed by atoms with Crippen LogP contribution in [-0.2, 0) is 28.0 Å². The summed E-state index contributed by atoms with van der Waals surface area (Å²) in [7, 11) is -3.55. The Bertz CT molecular complexity index is 833. The van der Waals surface area contributed by atoms with Gasteiger partial charge < -0.3 is 9.08 Å². The van der Waals surface area contributed by atoms with Crippen molar-refractivity contribution in [3.05, 3.63) is 65.7 Å². The predicted octanol–water partition coefficient (Wildman–Crippen LogP) is 4.52. The molecule has 0 bridgehead atoms. The van der Waals surface area contributed by atoms with Gasteiger partial charge in [0.2, 0.25) is 5.91 Å². The van der Waals surface area contributed by atoms with E-state index in [0.717, 1.165) is 43.1 Å². The standard InChI is InChI=1S/C22H29NO4S/c1-3-4-5-9-12-22(24)23(17-19-10-7-6-8-11-19)18-20-13-15-21(16-14-20)27-28(2,25)26/h6-8,10-11,13-16H,3-5,9,12,17-18H2,1-2H3. The molecule has 0 radical (unpaired) electrons. The fourth-order valence-electron chi connectivity index (χ4n) is 2.94. The number of carbonyl (C=O) groups excluding carboxylic acids is 1. The summed E-state index contributed by atoms with van der Waals surface area (Å²) < 4.78 is 27.3. The highest BCUT2D eigenvalue weighted by Gasteiger charge is 2.15. The molecule has 28 heavy (non-hydrogen) atoms. The van der Waals surface area contributed by atoms with Crippen LogP contribution in [0.4, 0.5) is 0 Å². The Balaban J connectivity index is 2.06. The topological polar surface area (TPSA) is 63.7 Å². The summed E-state index contributed by atoms with van der Waals surface area (Å²) in [4.78, 5) is 14.6. The zero-order valence-electron chi connectivity index (χ0n) is 16.6. The number of unbranched alkanes of at least 4 members (excludes halogenated alkanes) is 3. The molecule has 2 rings (SSSR count). The summed E-state index contributed by atoms with van der Waals surface area (Å²) in [5.41, 5.74) is 2.01. The summed E-state index contributed by atoms with van der Waals surface area (Å²) >= 11 is 0. The zero-order chi connectivity index (χ0) is 20.4.